The molecule has 1 unspecified atom stereocenters. The van der Waals surface area contributed by atoms with E-state index in [4.69, 9.17) is 23.2 Å². The number of rotatable bonds is 5. The van der Waals surface area contributed by atoms with Crippen LogP contribution in [-0.2, 0) is 0 Å². The zero-order valence-electron chi connectivity index (χ0n) is 18.1. The van der Waals surface area contributed by atoms with E-state index >= 15 is 0 Å². The Hall–Kier alpha value is -4.15. The fraction of sp³-hybridized carbons (Fsp3) is 0.0870. The molecule has 4 rings (SSSR count). The number of pyridine rings is 1. The van der Waals surface area contributed by atoms with E-state index in [9.17, 15) is 19.5 Å². The fourth-order valence-electron chi connectivity index (χ4n) is 3.48. The number of hydrogen-bond donors (Lipinski definition) is 4. The van der Waals surface area contributed by atoms with Gasteiger partial charge in [-0.25, -0.2) is 14.6 Å². The maximum atomic E-state index is 13.5. The Morgan fingerprint density at radius 1 is 1.06 bits per heavy atom. The zero-order chi connectivity index (χ0) is 25.1. The van der Waals surface area contributed by atoms with Crippen molar-refractivity contribution >= 4 is 57.6 Å². The smallest absolute Gasteiger partial charge is 0.405 e. The summed E-state index contributed by atoms with van der Waals surface area (Å²) in [6.07, 6.45) is 1.61. The second-order valence-corrected chi connectivity index (χ2v) is 8.22. The predicted octanol–water partition coefficient (Wildman–Crippen LogP) is 5.06. The van der Waals surface area contributed by atoms with Crippen molar-refractivity contribution in [2.45, 2.75) is 13.0 Å². The van der Waals surface area contributed by atoms with Gasteiger partial charge in [0.05, 0.1) is 38.4 Å². The van der Waals surface area contributed by atoms with Crippen molar-refractivity contribution in [1.82, 2.24) is 19.9 Å². The first kappa shape index (κ1) is 24.0. The number of urea groups is 1. The third kappa shape index (κ3) is 5.18. The maximum absolute atomic E-state index is 13.5. The third-order valence-electron chi connectivity index (χ3n) is 4.98. The number of anilines is 2. The molecule has 0 fully saturated rings. The number of amides is 3. The third-order valence-corrected chi connectivity index (χ3v) is 5.60. The number of carboxylic acid groups (broad SMARTS) is 1. The van der Waals surface area contributed by atoms with Gasteiger partial charge in [-0.15, -0.1) is 0 Å². The lowest BCUT2D eigenvalue weighted by atomic mass is 10.2. The highest BCUT2D eigenvalue weighted by Gasteiger charge is 2.21. The molecule has 12 heteroatoms. The van der Waals surface area contributed by atoms with Crippen LogP contribution in [0, 0.1) is 0 Å². The van der Waals surface area contributed by atoms with Crippen LogP contribution in [0.15, 0.2) is 65.7 Å². The second-order valence-electron chi connectivity index (χ2n) is 7.40. The van der Waals surface area contributed by atoms with E-state index in [0.29, 0.717) is 22.6 Å². The predicted molar refractivity (Wildman–Crippen MR) is 134 cm³/mol. The minimum atomic E-state index is -1.27. The van der Waals surface area contributed by atoms with Gasteiger partial charge in [-0.3, -0.25) is 14.3 Å². The van der Waals surface area contributed by atoms with E-state index in [-0.39, 0.29) is 21.3 Å². The van der Waals surface area contributed by atoms with Crippen molar-refractivity contribution < 1.29 is 14.7 Å². The van der Waals surface area contributed by atoms with Gasteiger partial charge in [0.15, 0.2) is 0 Å². The fourth-order valence-corrected chi connectivity index (χ4v) is 3.90. The van der Waals surface area contributed by atoms with Crippen LogP contribution in [0.2, 0.25) is 10.0 Å². The van der Waals surface area contributed by atoms with Crippen LogP contribution in [0.1, 0.15) is 18.8 Å². The van der Waals surface area contributed by atoms with Gasteiger partial charge >= 0.3 is 12.1 Å². The maximum Gasteiger partial charge on any atom is 0.405 e. The lowest BCUT2D eigenvalue weighted by Crippen LogP contribution is -2.32. The molecule has 35 heavy (non-hydrogen) atoms. The number of halogens is 2. The van der Waals surface area contributed by atoms with Gasteiger partial charge in [-0.1, -0.05) is 35.3 Å². The molecule has 0 spiro atoms. The Morgan fingerprint density at radius 2 is 1.83 bits per heavy atom. The van der Waals surface area contributed by atoms with E-state index in [2.05, 4.69) is 25.9 Å². The van der Waals surface area contributed by atoms with E-state index in [1.807, 2.05) is 0 Å². The molecule has 1 atom stereocenters. The second kappa shape index (κ2) is 10.00. The van der Waals surface area contributed by atoms with Crippen molar-refractivity contribution in [3.63, 3.8) is 0 Å². The molecule has 4 aromatic rings. The number of carbonyl (C=O) groups is 2. The van der Waals surface area contributed by atoms with Crippen LogP contribution < -0.4 is 21.5 Å². The van der Waals surface area contributed by atoms with Crippen LogP contribution >= 0.6 is 23.2 Å². The molecule has 2 aromatic heterocycles. The number of carbonyl (C=O) groups excluding carboxylic acids is 1. The zero-order valence-corrected chi connectivity index (χ0v) is 19.6. The van der Waals surface area contributed by atoms with E-state index in [1.54, 1.807) is 55.5 Å². The van der Waals surface area contributed by atoms with Gasteiger partial charge in [-0.2, -0.15) is 0 Å². The number of hydrogen-bond acceptors (Lipinski definition) is 5. The number of aromatic nitrogens is 3. The van der Waals surface area contributed by atoms with E-state index in [0.717, 1.165) is 0 Å². The van der Waals surface area contributed by atoms with Crippen molar-refractivity contribution in [3.05, 3.63) is 87.1 Å². The molecular weight excluding hydrogens is 495 g/mol. The van der Waals surface area contributed by atoms with Gasteiger partial charge in [0.25, 0.3) is 5.56 Å². The molecule has 178 valence electrons. The number of nitrogens with zero attached hydrogens (tertiary/aromatic N) is 3. The van der Waals surface area contributed by atoms with Crippen LogP contribution in [0.5, 0.6) is 0 Å². The Bertz CT molecular complexity index is 1510. The molecule has 4 N–H and O–H groups in total. The van der Waals surface area contributed by atoms with Crippen LogP contribution in [0.25, 0.3) is 16.6 Å². The van der Waals surface area contributed by atoms with Crippen LogP contribution in [0.4, 0.5) is 21.0 Å². The first-order valence-corrected chi connectivity index (χ1v) is 11.0. The first-order valence-electron chi connectivity index (χ1n) is 10.2. The molecule has 0 aliphatic heterocycles. The van der Waals surface area contributed by atoms with Crippen molar-refractivity contribution in [2.24, 2.45) is 0 Å². The minimum Gasteiger partial charge on any atom is -0.465 e. The minimum absolute atomic E-state index is 0.150. The molecule has 2 aromatic carbocycles. The topological polar surface area (TPSA) is 138 Å². The molecule has 0 saturated heterocycles. The molecule has 0 saturated carbocycles. The van der Waals surface area contributed by atoms with Crippen molar-refractivity contribution in [1.29, 1.82) is 0 Å². The van der Waals surface area contributed by atoms with Gasteiger partial charge in [0.1, 0.15) is 5.82 Å². The molecule has 3 amide bonds. The SMILES string of the molecule is CC(NC(=O)O)c1nc2cccc(Cl)c2c(=O)n1-c1cccc(NC(=O)Nc2ccncc2Cl)c1. The van der Waals surface area contributed by atoms with Gasteiger partial charge in [0, 0.05) is 18.1 Å². The highest BCUT2D eigenvalue weighted by atomic mass is 35.5. The molecule has 0 radical (unpaired) electrons. The number of benzene rings is 2. The van der Waals surface area contributed by atoms with Crippen LogP contribution in [-0.4, -0.2) is 31.8 Å². The lowest BCUT2D eigenvalue weighted by Gasteiger charge is -2.19. The average Bonchev–Trinajstić information content (AvgIpc) is 2.80. The monoisotopic (exact) mass is 512 g/mol. The quantitative estimate of drug-likeness (QED) is 0.294. The summed E-state index contributed by atoms with van der Waals surface area (Å²) < 4.78 is 1.26. The summed E-state index contributed by atoms with van der Waals surface area (Å²) in [6.45, 7) is 1.57. The molecule has 10 nitrogen and oxygen atoms in total. The highest BCUT2D eigenvalue weighted by molar-refractivity contribution is 6.35. The largest absolute Gasteiger partial charge is 0.465 e. The number of nitrogens with one attached hydrogen (secondary N) is 3. The summed E-state index contributed by atoms with van der Waals surface area (Å²) in [5.74, 6) is 0.150. The van der Waals surface area contributed by atoms with Gasteiger partial charge in [-0.05, 0) is 43.3 Å². The molecule has 0 aliphatic carbocycles. The summed E-state index contributed by atoms with van der Waals surface area (Å²) in [7, 11) is 0. The normalized spacial score (nSPS) is 11.6. The molecule has 2 heterocycles. The first-order chi connectivity index (χ1) is 16.7. The Morgan fingerprint density at radius 3 is 2.57 bits per heavy atom. The summed E-state index contributed by atoms with van der Waals surface area (Å²) in [6, 6.07) is 11.4. The molecule has 0 aliphatic rings. The summed E-state index contributed by atoms with van der Waals surface area (Å²) in [5, 5.41) is 17.5. The van der Waals surface area contributed by atoms with Crippen LogP contribution in [0.3, 0.4) is 0 Å². The summed E-state index contributed by atoms with van der Waals surface area (Å²) >= 11 is 12.3. The van der Waals surface area contributed by atoms with Crippen molar-refractivity contribution in [3.8, 4) is 5.69 Å². The van der Waals surface area contributed by atoms with Gasteiger partial charge < -0.3 is 21.1 Å². The standard InChI is InChI=1S/C23H18Cl2N6O4/c1-12(27-23(34)35)20-29-18-7-3-6-15(24)19(18)21(32)31(20)14-5-2-4-13(10-14)28-22(33)30-17-8-9-26-11-16(17)25/h2-12,27H,1H3,(H,34,35)(H2,26,28,30,33). The van der Waals surface area contributed by atoms with Gasteiger partial charge in [0.2, 0.25) is 0 Å². The Balaban J connectivity index is 1.76. The summed E-state index contributed by atoms with van der Waals surface area (Å²) in [4.78, 5) is 45.7. The van der Waals surface area contributed by atoms with E-state index in [1.165, 1.54) is 17.0 Å². The summed E-state index contributed by atoms with van der Waals surface area (Å²) in [5.41, 5.74) is 0.922. The molecule has 0 bridgehead atoms. The molecular formula is C23H18Cl2N6O4. The lowest BCUT2D eigenvalue weighted by molar-refractivity contribution is 0.190. The number of fused-ring (bicyclic) bond motifs is 1. The average molecular weight is 513 g/mol. The van der Waals surface area contributed by atoms with Crippen molar-refractivity contribution in [2.75, 3.05) is 10.6 Å². The Kier molecular flexibility index (Phi) is 6.85. The van der Waals surface area contributed by atoms with E-state index < -0.39 is 23.7 Å². The Labute approximate surface area is 208 Å². The highest BCUT2D eigenvalue weighted by Crippen LogP contribution is 2.24.